The molecule has 0 radical (unpaired) electrons. The van der Waals surface area contributed by atoms with Crippen molar-refractivity contribution in [2.24, 2.45) is 5.41 Å². The van der Waals surface area contributed by atoms with Gasteiger partial charge < -0.3 is 9.84 Å². The molecule has 5 nitrogen and oxygen atoms in total. The Hall–Kier alpha value is -2.15. The normalized spacial score (nSPS) is 23.5. The van der Waals surface area contributed by atoms with Crippen LogP contribution < -0.4 is 4.74 Å². The van der Waals surface area contributed by atoms with E-state index in [0.29, 0.717) is 17.7 Å². The lowest BCUT2D eigenvalue weighted by Gasteiger charge is -2.52. The van der Waals surface area contributed by atoms with E-state index in [-0.39, 0.29) is 4.90 Å². The highest BCUT2D eigenvalue weighted by molar-refractivity contribution is 7.89. The van der Waals surface area contributed by atoms with E-state index in [1.54, 1.807) is 38.4 Å². The summed E-state index contributed by atoms with van der Waals surface area (Å²) in [6.07, 6.45) is 1.98. The van der Waals surface area contributed by atoms with Gasteiger partial charge in [0.05, 0.1) is 12.0 Å². The molecule has 0 aliphatic heterocycles. The van der Waals surface area contributed by atoms with Gasteiger partial charge in [-0.1, -0.05) is 50.3 Å². The summed E-state index contributed by atoms with van der Waals surface area (Å²) in [6.45, 7) is 9.54. The third kappa shape index (κ3) is 3.29. The molecule has 0 aromatic heterocycles. The largest absolute Gasteiger partial charge is 0.497 e. The van der Waals surface area contributed by atoms with Crippen LogP contribution in [0.2, 0.25) is 0 Å². The van der Waals surface area contributed by atoms with E-state index in [1.165, 1.54) is 10.4 Å². The lowest BCUT2D eigenvalue weighted by atomic mass is 9.60. The van der Waals surface area contributed by atoms with Crippen LogP contribution in [0.4, 0.5) is 0 Å². The number of aryl methyl sites for hydroxylation is 1. The predicted octanol–water partition coefficient (Wildman–Crippen LogP) is 3.65. The molecule has 1 aliphatic carbocycles. The van der Waals surface area contributed by atoms with Crippen molar-refractivity contribution in [3.63, 3.8) is 0 Å². The average Bonchev–Trinajstić information content (AvgIpc) is 2.70. The van der Waals surface area contributed by atoms with Gasteiger partial charge in [0, 0.05) is 18.5 Å². The maximum Gasteiger partial charge on any atom is 0.243 e. The van der Waals surface area contributed by atoms with Crippen LogP contribution in [-0.4, -0.2) is 38.0 Å². The predicted molar refractivity (Wildman–Crippen MR) is 114 cm³/mol. The van der Waals surface area contributed by atoms with E-state index in [0.717, 1.165) is 11.1 Å². The molecule has 1 N–H and O–H groups in total. The monoisotopic (exact) mass is 415 g/mol. The molecule has 156 valence electrons. The molecule has 0 heterocycles. The summed E-state index contributed by atoms with van der Waals surface area (Å²) in [5, 5.41) is 11.7. The van der Waals surface area contributed by atoms with Gasteiger partial charge in [-0.2, -0.15) is 4.31 Å². The van der Waals surface area contributed by atoms with Gasteiger partial charge in [-0.05, 0) is 48.7 Å². The van der Waals surface area contributed by atoms with Crippen molar-refractivity contribution >= 4 is 10.0 Å². The minimum Gasteiger partial charge on any atom is -0.497 e. The number of benzene rings is 2. The maximum absolute atomic E-state index is 13.3. The fourth-order valence-corrected chi connectivity index (χ4v) is 5.77. The maximum atomic E-state index is 13.3. The second-order valence-corrected chi connectivity index (χ2v) is 10.3. The summed E-state index contributed by atoms with van der Waals surface area (Å²) in [5.41, 5.74) is 0.323. The number of nitrogens with zero attached hydrogens (tertiary/aromatic N) is 1. The highest BCUT2D eigenvalue weighted by Crippen LogP contribution is 2.51. The molecule has 0 amide bonds. The van der Waals surface area contributed by atoms with Crippen LogP contribution in [-0.2, 0) is 22.0 Å². The third-order valence-corrected chi connectivity index (χ3v) is 8.27. The highest BCUT2D eigenvalue weighted by Gasteiger charge is 2.55. The smallest absolute Gasteiger partial charge is 0.243 e. The first kappa shape index (κ1) is 21.6. The fraction of sp³-hybridized carbons (Fsp3) is 0.391. The zero-order chi connectivity index (χ0) is 21.6. The zero-order valence-electron chi connectivity index (χ0n) is 17.6. The van der Waals surface area contributed by atoms with E-state index in [2.05, 4.69) is 6.58 Å². The SMILES string of the molecule is C=CC1(O)c2cc(OC)ccc2CC(N(C)S(=O)(=O)c2ccc(C)cc2)C1(C)C. The van der Waals surface area contributed by atoms with Gasteiger partial charge in [0.1, 0.15) is 11.4 Å². The van der Waals surface area contributed by atoms with Crippen molar-refractivity contribution in [2.45, 2.75) is 43.7 Å². The quantitative estimate of drug-likeness (QED) is 0.757. The number of rotatable bonds is 5. The minimum absolute atomic E-state index is 0.240. The molecule has 2 unspecified atom stereocenters. The molecule has 0 fully saturated rings. The van der Waals surface area contributed by atoms with Crippen LogP contribution in [0.5, 0.6) is 5.75 Å². The summed E-state index contributed by atoms with van der Waals surface area (Å²) in [5.74, 6) is 0.638. The standard InChI is InChI=1S/C23H29NO4S/c1-7-23(25)20-15-18(28-6)11-10-17(20)14-21(22(23,3)4)24(5)29(26,27)19-12-8-16(2)9-13-19/h7-13,15,21,25H,1,14H2,2-6H3. The second-order valence-electron chi connectivity index (χ2n) is 8.27. The second kappa shape index (κ2) is 7.27. The van der Waals surface area contributed by atoms with Crippen molar-refractivity contribution in [2.75, 3.05) is 14.2 Å². The van der Waals surface area contributed by atoms with Crippen molar-refractivity contribution in [1.29, 1.82) is 0 Å². The Morgan fingerprint density at radius 2 is 1.83 bits per heavy atom. The summed E-state index contributed by atoms with van der Waals surface area (Å²) in [7, 11) is -0.577. The van der Waals surface area contributed by atoms with Gasteiger partial charge in [-0.25, -0.2) is 8.42 Å². The lowest BCUT2D eigenvalue weighted by Crippen LogP contribution is -2.59. The van der Waals surface area contributed by atoms with Gasteiger partial charge in [0.2, 0.25) is 10.0 Å². The number of methoxy groups -OCH3 is 1. The van der Waals surface area contributed by atoms with Crippen LogP contribution in [0.3, 0.4) is 0 Å². The van der Waals surface area contributed by atoms with Gasteiger partial charge in [-0.15, -0.1) is 0 Å². The number of likely N-dealkylation sites (N-methyl/N-ethyl adjacent to an activating group) is 1. The molecule has 0 saturated heterocycles. The molecule has 1 aliphatic rings. The number of sulfonamides is 1. The Morgan fingerprint density at radius 1 is 1.21 bits per heavy atom. The summed E-state index contributed by atoms with van der Waals surface area (Å²) in [4.78, 5) is 0.240. The Morgan fingerprint density at radius 3 is 2.38 bits per heavy atom. The van der Waals surface area contributed by atoms with E-state index in [9.17, 15) is 13.5 Å². The van der Waals surface area contributed by atoms with Crippen molar-refractivity contribution in [3.8, 4) is 5.75 Å². The molecule has 2 atom stereocenters. The first-order valence-corrected chi connectivity index (χ1v) is 11.0. The first-order valence-electron chi connectivity index (χ1n) is 9.57. The number of hydrogen-bond donors (Lipinski definition) is 1. The van der Waals surface area contributed by atoms with E-state index >= 15 is 0 Å². The molecular weight excluding hydrogens is 386 g/mol. The molecule has 0 bridgehead atoms. The average molecular weight is 416 g/mol. The van der Waals surface area contributed by atoms with Crippen LogP contribution in [0, 0.1) is 12.3 Å². The first-order chi connectivity index (χ1) is 13.5. The number of ether oxygens (including phenoxy) is 1. The summed E-state index contributed by atoms with van der Waals surface area (Å²) in [6, 6.07) is 11.9. The van der Waals surface area contributed by atoms with Crippen molar-refractivity contribution in [3.05, 3.63) is 71.8 Å². The van der Waals surface area contributed by atoms with E-state index < -0.39 is 27.1 Å². The van der Waals surface area contributed by atoms with Crippen molar-refractivity contribution in [1.82, 2.24) is 4.31 Å². The lowest BCUT2D eigenvalue weighted by molar-refractivity contribution is -0.0732. The molecule has 29 heavy (non-hydrogen) atoms. The highest BCUT2D eigenvalue weighted by atomic mass is 32.2. The summed E-state index contributed by atoms with van der Waals surface area (Å²) < 4.78 is 33.4. The van der Waals surface area contributed by atoms with Gasteiger partial charge in [0.25, 0.3) is 0 Å². The zero-order valence-corrected chi connectivity index (χ0v) is 18.5. The van der Waals surface area contributed by atoms with E-state index in [1.807, 2.05) is 39.0 Å². The molecule has 6 heteroatoms. The summed E-state index contributed by atoms with van der Waals surface area (Å²) >= 11 is 0. The molecular formula is C23H29NO4S. The number of fused-ring (bicyclic) bond motifs is 1. The van der Waals surface area contributed by atoms with Crippen LogP contribution in [0.15, 0.2) is 60.0 Å². The molecule has 3 rings (SSSR count). The van der Waals surface area contributed by atoms with E-state index in [4.69, 9.17) is 4.74 Å². The Balaban J connectivity index is 2.12. The van der Waals surface area contributed by atoms with Gasteiger partial charge in [-0.3, -0.25) is 0 Å². The Kier molecular flexibility index (Phi) is 5.41. The minimum atomic E-state index is -3.74. The van der Waals surface area contributed by atoms with Crippen LogP contribution in [0.1, 0.15) is 30.5 Å². The van der Waals surface area contributed by atoms with Crippen molar-refractivity contribution < 1.29 is 18.3 Å². The van der Waals surface area contributed by atoms with Gasteiger partial charge in [0.15, 0.2) is 0 Å². The third-order valence-electron chi connectivity index (χ3n) is 6.39. The Labute approximate surface area is 173 Å². The van der Waals surface area contributed by atoms with Gasteiger partial charge >= 0.3 is 0 Å². The molecule has 2 aromatic carbocycles. The number of aliphatic hydroxyl groups is 1. The van der Waals surface area contributed by atoms with Crippen LogP contribution >= 0.6 is 0 Å². The van der Waals surface area contributed by atoms with Crippen LogP contribution in [0.25, 0.3) is 0 Å². The molecule has 0 spiro atoms. The molecule has 0 saturated carbocycles. The topological polar surface area (TPSA) is 66.8 Å². The Bertz CT molecular complexity index is 1030. The number of hydrogen-bond acceptors (Lipinski definition) is 4. The fourth-order valence-electron chi connectivity index (χ4n) is 4.28. The molecule has 2 aromatic rings.